The van der Waals surface area contributed by atoms with E-state index in [1.54, 1.807) is 22.4 Å². The monoisotopic (exact) mass is 349 g/mol. The van der Waals surface area contributed by atoms with E-state index in [4.69, 9.17) is 4.74 Å². The summed E-state index contributed by atoms with van der Waals surface area (Å²) in [5, 5.41) is 4.81. The fourth-order valence-electron chi connectivity index (χ4n) is 3.16. The van der Waals surface area contributed by atoms with Crippen LogP contribution in [0.4, 0.5) is 0 Å². The van der Waals surface area contributed by atoms with Crippen molar-refractivity contribution in [3.05, 3.63) is 53.2 Å². The molecule has 0 fully saturated rings. The number of hydrogen-bond acceptors (Lipinski definition) is 5. The Morgan fingerprint density at radius 1 is 1.19 bits per heavy atom. The zero-order valence-electron chi connectivity index (χ0n) is 14.7. The normalized spacial score (nSPS) is 11.3. The molecule has 0 aliphatic carbocycles. The van der Waals surface area contributed by atoms with E-state index >= 15 is 0 Å². The van der Waals surface area contributed by atoms with Crippen LogP contribution in [-0.4, -0.2) is 31.3 Å². The maximum atomic E-state index is 13.2. The van der Waals surface area contributed by atoms with Gasteiger partial charge in [-0.05, 0) is 24.6 Å². The fraction of sp³-hybridized carbons (Fsp3) is 0.263. The topological polar surface area (TPSA) is 74.3 Å². The second-order valence-electron chi connectivity index (χ2n) is 6.06. The van der Waals surface area contributed by atoms with E-state index in [1.807, 2.05) is 30.3 Å². The summed E-state index contributed by atoms with van der Waals surface area (Å²) in [6.07, 6.45) is 5.19. The number of benzene rings is 1. The molecule has 7 nitrogen and oxygen atoms in total. The molecule has 3 aromatic heterocycles. The number of methoxy groups -OCH3 is 1. The van der Waals surface area contributed by atoms with Crippen LogP contribution < -0.4 is 10.3 Å². The molecular weight excluding hydrogens is 330 g/mol. The van der Waals surface area contributed by atoms with Crippen LogP contribution in [0.15, 0.2) is 47.7 Å². The molecule has 4 aromatic rings. The van der Waals surface area contributed by atoms with Crippen LogP contribution in [-0.2, 0) is 6.54 Å². The summed E-state index contributed by atoms with van der Waals surface area (Å²) in [4.78, 5) is 21.9. The lowest BCUT2D eigenvalue weighted by Gasteiger charge is -2.13. The van der Waals surface area contributed by atoms with Crippen LogP contribution in [0.3, 0.4) is 0 Å². The Kier molecular flexibility index (Phi) is 4.12. The third kappa shape index (κ3) is 2.52. The van der Waals surface area contributed by atoms with E-state index in [-0.39, 0.29) is 5.56 Å². The summed E-state index contributed by atoms with van der Waals surface area (Å²) in [7, 11) is 1.61. The highest BCUT2D eigenvalue weighted by Crippen LogP contribution is 2.32. The van der Waals surface area contributed by atoms with Crippen molar-refractivity contribution in [3.8, 4) is 17.0 Å². The molecule has 3 heterocycles. The van der Waals surface area contributed by atoms with Gasteiger partial charge in [-0.2, -0.15) is 14.6 Å². The van der Waals surface area contributed by atoms with Gasteiger partial charge in [0.1, 0.15) is 12.1 Å². The van der Waals surface area contributed by atoms with E-state index in [0.29, 0.717) is 34.7 Å². The second-order valence-corrected chi connectivity index (χ2v) is 6.06. The van der Waals surface area contributed by atoms with Gasteiger partial charge < -0.3 is 9.30 Å². The highest BCUT2D eigenvalue weighted by molar-refractivity contribution is 5.94. The van der Waals surface area contributed by atoms with Gasteiger partial charge in [0, 0.05) is 18.3 Å². The number of aryl methyl sites for hydroxylation is 1. The molecule has 0 saturated carbocycles. The van der Waals surface area contributed by atoms with Crippen LogP contribution in [0.2, 0.25) is 0 Å². The van der Waals surface area contributed by atoms with Gasteiger partial charge in [-0.1, -0.05) is 25.5 Å². The first-order chi connectivity index (χ1) is 12.7. The molecule has 0 aliphatic heterocycles. The molecule has 0 N–H and O–H groups in total. The first kappa shape index (κ1) is 16.3. The van der Waals surface area contributed by atoms with Crippen molar-refractivity contribution in [1.29, 1.82) is 0 Å². The van der Waals surface area contributed by atoms with Crippen molar-refractivity contribution in [1.82, 2.24) is 24.1 Å². The number of unbranched alkanes of at least 4 members (excludes halogenated alkanes) is 1. The SMILES string of the molecule is CCCCn1ccc2nc3ncnn3c(-c3ccccc3OC)c2c1=O. The largest absolute Gasteiger partial charge is 0.496 e. The molecule has 4 rings (SSSR count). The van der Waals surface area contributed by atoms with Crippen molar-refractivity contribution in [2.45, 2.75) is 26.3 Å². The number of nitrogens with zero attached hydrogens (tertiary/aromatic N) is 5. The molecular formula is C19H19N5O2. The lowest BCUT2D eigenvalue weighted by Crippen LogP contribution is -2.21. The Morgan fingerprint density at radius 2 is 2.04 bits per heavy atom. The Hall–Kier alpha value is -3.22. The van der Waals surface area contributed by atoms with Gasteiger partial charge in [-0.25, -0.2) is 4.98 Å². The van der Waals surface area contributed by atoms with E-state index < -0.39 is 0 Å². The molecule has 0 unspecified atom stereocenters. The number of rotatable bonds is 5. The average molecular weight is 349 g/mol. The van der Waals surface area contributed by atoms with Gasteiger partial charge in [0.25, 0.3) is 11.3 Å². The van der Waals surface area contributed by atoms with E-state index in [9.17, 15) is 4.79 Å². The highest BCUT2D eigenvalue weighted by Gasteiger charge is 2.19. The Morgan fingerprint density at radius 3 is 2.85 bits per heavy atom. The quantitative estimate of drug-likeness (QED) is 0.554. The summed E-state index contributed by atoms with van der Waals surface area (Å²) in [5.41, 5.74) is 1.95. The van der Waals surface area contributed by atoms with Gasteiger partial charge in [0.2, 0.25) is 0 Å². The van der Waals surface area contributed by atoms with Gasteiger partial charge in [0.05, 0.1) is 23.7 Å². The molecule has 26 heavy (non-hydrogen) atoms. The van der Waals surface area contributed by atoms with Crippen molar-refractivity contribution < 1.29 is 4.74 Å². The summed E-state index contributed by atoms with van der Waals surface area (Å²) < 4.78 is 8.85. The zero-order chi connectivity index (χ0) is 18.1. The van der Waals surface area contributed by atoms with Crippen molar-refractivity contribution in [2.75, 3.05) is 7.11 Å². The standard InChI is InChI=1S/C19H19N5O2/c1-3-4-10-23-11-9-14-16(18(23)25)17(24-19(22-14)20-12-21-24)13-7-5-6-8-15(13)26-2/h5-9,11-12H,3-4,10H2,1-2H3. The smallest absolute Gasteiger partial charge is 0.262 e. The molecule has 1 aromatic carbocycles. The van der Waals surface area contributed by atoms with Crippen LogP contribution in [0.5, 0.6) is 5.75 Å². The molecule has 0 amide bonds. The first-order valence-electron chi connectivity index (χ1n) is 8.61. The maximum absolute atomic E-state index is 13.2. The van der Waals surface area contributed by atoms with Crippen LogP contribution in [0.25, 0.3) is 27.9 Å². The summed E-state index contributed by atoms with van der Waals surface area (Å²) in [6.45, 7) is 2.78. The minimum atomic E-state index is -0.0817. The van der Waals surface area contributed by atoms with Crippen LogP contribution in [0, 0.1) is 0 Å². The number of hydrogen-bond donors (Lipinski definition) is 0. The third-order valence-electron chi connectivity index (χ3n) is 4.46. The predicted octanol–water partition coefficient (Wildman–Crippen LogP) is 2.91. The second kappa shape index (κ2) is 6.59. The van der Waals surface area contributed by atoms with Crippen molar-refractivity contribution in [2.24, 2.45) is 0 Å². The summed E-state index contributed by atoms with van der Waals surface area (Å²) in [6, 6.07) is 9.44. The number of aromatic nitrogens is 5. The number of para-hydroxylation sites is 1. The number of ether oxygens (including phenoxy) is 1. The molecule has 0 saturated heterocycles. The van der Waals surface area contributed by atoms with Crippen LogP contribution in [0.1, 0.15) is 19.8 Å². The predicted molar refractivity (Wildman–Crippen MR) is 99.4 cm³/mol. The molecule has 0 radical (unpaired) electrons. The lowest BCUT2D eigenvalue weighted by atomic mass is 10.1. The van der Waals surface area contributed by atoms with Crippen molar-refractivity contribution in [3.63, 3.8) is 0 Å². The molecule has 0 spiro atoms. The van der Waals surface area contributed by atoms with E-state index in [0.717, 1.165) is 18.4 Å². The minimum Gasteiger partial charge on any atom is -0.496 e. The maximum Gasteiger partial charge on any atom is 0.262 e. The fourth-order valence-corrected chi connectivity index (χ4v) is 3.16. The molecule has 132 valence electrons. The van der Waals surface area contributed by atoms with E-state index in [2.05, 4.69) is 22.0 Å². The first-order valence-corrected chi connectivity index (χ1v) is 8.61. The highest BCUT2D eigenvalue weighted by atomic mass is 16.5. The van der Waals surface area contributed by atoms with Gasteiger partial charge >= 0.3 is 0 Å². The molecule has 0 atom stereocenters. The Labute approximate surface area is 149 Å². The van der Waals surface area contributed by atoms with E-state index in [1.165, 1.54) is 6.33 Å². The summed E-state index contributed by atoms with van der Waals surface area (Å²) in [5.74, 6) is 1.12. The average Bonchev–Trinajstić information content (AvgIpc) is 3.14. The number of pyridine rings is 1. The number of fused-ring (bicyclic) bond motifs is 2. The van der Waals surface area contributed by atoms with Crippen LogP contribution >= 0.6 is 0 Å². The molecule has 0 aliphatic rings. The molecule has 0 bridgehead atoms. The Balaban J connectivity index is 2.13. The lowest BCUT2D eigenvalue weighted by molar-refractivity contribution is 0.416. The Bertz CT molecular complexity index is 1150. The summed E-state index contributed by atoms with van der Waals surface area (Å²) >= 11 is 0. The third-order valence-corrected chi connectivity index (χ3v) is 4.46. The van der Waals surface area contributed by atoms with Crippen molar-refractivity contribution >= 4 is 16.7 Å². The van der Waals surface area contributed by atoms with Gasteiger partial charge in [-0.3, -0.25) is 4.79 Å². The van der Waals surface area contributed by atoms with Gasteiger partial charge in [0.15, 0.2) is 0 Å². The molecule has 7 heteroatoms. The minimum absolute atomic E-state index is 0.0817. The zero-order valence-corrected chi connectivity index (χ0v) is 14.7. The van der Waals surface area contributed by atoms with Gasteiger partial charge in [-0.15, -0.1) is 0 Å².